The predicted octanol–water partition coefficient (Wildman–Crippen LogP) is 5.31. The number of rotatable bonds is 6. The molecule has 0 aliphatic carbocycles. The number of imide groups is 2. The lowest BCUT2D eigenvalue weighted by molar-refractivity contribution is -0.136. The van der Waals surface area contributed by atoms with Crippen molar-refractivity contribution >= 4 is 52.2 Å². The summed E-state index contributed by atoms with van der Waals surface area (Å²) in [4.78, 5) is 82.9. The van der Waals surface area contributed by atoms with Crippen molar-refractivity contribution in [3.63, 3.8) is 0 Å². The van der Waals surface area contributed by atoms with Gasteiger partial charge in [0.2, 0.25) is 23.6 Å². The molecule has 4 fully saturated rings. The number of hydrogen-bond acceptors (Lipinski definition) is 12. The Bertz CT molecular complexity index is 2870. The number of nitrogens with zero attached hydrogens (tertiary/aromatic N) is 9. The number of halogens is 1. The first-order chi connectivity index (χ1) is 32.8. The maximum atomic E-state index is 15.9. The van der Waals surface area contributed by atoms with Crippen molar-refractivity contribution in [2.75, 3.05) is 49.5 Å². The lowest BCUT2D eigenvalue weighted by atomic mass is 9.95. The number of aromatic nitrogens is 5. The summed E-state index contributed by atoms with van der Waals surface area (Å²) in [6.45, 7) is 10.6. The maximum absolute atomic E-state index is 15.9. The molecule has 11 rings (SSSR count). The zero-order valence-electron chi connectivity index (χ0n) is 38.7. The summed E-state index contributed by atoms with van der Waals surface area (Å²) in [7, 11) is 1.85. The Labute approximate surface area is 393 Å². The van der Waals surface area contributed by atoms with Crippen LogP contribution in [0.5, 0.6) is 5.88 Å². The van der Waals surface area contributed by atoms with Crippen molar-refractivity contribution in [1.82, 2.24) is 44.3 Å². The number of anilines is 2. The summed E-state index contributed by atoms with van der Waals surface area (Å²) in [5, 5.41) is 9.78. The number of pyridine rings is 1. The van der Waals surface area contributed by atoms with Gasteiger partial charge in [0.25, 0.3) is 17.7 Å². The van der Waals surface area contributed by atoms with E-state index < -0.39 is 35.5 Å². The van der Waals surface area contributed by atoms with E-state index >= 15 is 4.39 Å². The van der Waals surface area contributed by atoms with Gasteiger partial charge in [-0.25, -0.2) is 14.1 Å². The van der Waals surface area contributed by atoms with Crippen LogP contribution in [0.2, 0.25) is 0 Å². The summed E-state index contributed by atoms with van der Waals surface area (Å²) < 4.78 is 26.1. The second kappa shape index (κ2) is 17.5. The number of aryl methyl sites for hydroxylation is 2. The molecule has 4 saturated heterocycles. The third-order valence-electron chi connectivity index (χ3n) is 15.0. The molecule has 0 saturated carbocycles. The third-order valence-corrected chi connectivity index (χ3v) is 15.0. The lowest BCUT2D eigenvalue weighted by Gasteiger charge is -2.44. The van der Waals surface area contributed by atoms with Crippen LogP contribution in [0.15, 0.2) is 48.7 Å². The van der Waals surface area contributed by atoms with Gasteiger partial charge in [-0.1, -0.05) is 13.0 Å². The van der Waals surface area contributed by atoms with Gasteiger partial charge in [-0.15, -0.1) is 0 Å². The number of benzene rings is 2. The molecule has 2 N–H and O–H groups in total. The Hall–Kier alpha value is -6.53. The van der Waals surface area contributed by atoms with Crippen LogP contribution in [0.1, 0.15) is 101 Å². The standard InChI is InChI=1S/C50H56FN11O6/c1-28-5-4-16-68-49-37(22-52-57(49)3)40-19-32(17-29(2)53-40)45(64)56-50-54-39-9-6-31(18-43(39)60(50)23-28)25-58-14-12-30(13-15-58)24-59-26-33-7-8-34(27-59)61(33)42-21-36-35(20-38(42)51)47(66)62(48(36)67)41-10-11-44(63)55-46(41)65/h6,9,17-22,28,30,33-34,41H,4-5,7-8,10-16,23-27H2,1-3H3,(H,54,56,64)(H,55,63,65)/t28-,33?,34?,41?/m1/s1. The van der Waals surface area contributed by atoms with Crippen molar-refractivity contribution in [2.45, 2.75) is 96.4 Å². The quantitative estimate of drug-likeness (QED) is 0.210. The molecule has 18 heteroatoms. The number of fused-ring (bicyclic) bond motifs is 10. The SMILES string of the molecule is Cc1cc2cc(n1)-c1cnn(C)c1OCCC[C@@H](C)Cn1c(nc3ccc(CN4CCC(CN5CC6CCC(C5)N6c5cc6c(cc5F)C(=O)N(C5CCC(=O)NC5=O)C6=O)CC4)cc31)NC2=O. The zero-order chi connectivity index (χ0) is 47.0. The molecule has 17 nitrogen and oxygen atoms in total. The van der Waals surface area contributed by atoms with Gasteiger partial charge in [-0.2, -0.15) is 5.10 Å². The van der Waals surface area contributed by atoms with Gasteiger partial charge in [0.05, 0.1) is 51.9 Å². The molecule has 9 heterocycles. The zero-order valence-corrected chi connectivity index (χ0v) is 38.7. The first-order valence-electron chi connectivity index (χ1n) is 24.1. The highest BCUT2D eigenvalue weighted by Crippen LogP contribution is 2.40. The van der Waals surface area contributed by atoms with Crippen LogP contribution in [0.4, 0.5) is 16.0 Å². The van der Waals surface area contributed by atoms with Gasteiger partial charge in [0, 0.05) is 69.5 Å². The van der Waals surface area contributed by atoms with Crippen molar-refractivity contribution in [3.05, 3.63) is 82.4 Å². The van der Waals surface area contributed by atoms with E-state index in [2.05, 4.69) is 60.1 Å². The van der Waals surface area contributed by atoms with E-state index in [0.717, 1.165) is 105 Å². The summed E-state index contributed by atoms with van der Waals surface area (Å²) in [6.07, 6.45) is 7.54. The number of amides is 5. The van der Waals surface area contributed by atoms with Gasteiger partial charge in [0.1, 0.15) is 11.9 Å². The molecule has 5 aromatic rings. The Kier molecular flexibility index (Phi) is 11.3. The predicted molar refractivity (Wildman–Crippen MR) is 250 cm³/mol. The van der Waals surface area contributed by atoms with Crippen LogP contribution in [0.3, 0.4) is 0 Å². The summed E-state index contributed by atoms with van der Waals surface area (Å²) in [5.41, 5.74) is 5.98. The molecule has 3 aromatic heterocycles. The van der Waals surface area contributed by atoms with Gasteiger partial charge in [-0.05, 0) is 119 Å². The number of ether oxygens (including phenoxy) is 1. The number of imidazole rings is 1. The average molecular weight is 926 g/mol. The topological polar surface area (TPSA) is 180 Å². The van der Waals surface area contributed by atoms with Crippen LogP contribution in [0, 0.1) is 24.6 Å². The minimum atomic E-state index is -1.10. The van der Waals surface area contributed by atoms with E-state index in [1.807, 2.05) is 14.0 Å². The third kappa shape index (κ3) is 8.10. The number of carbonyl (C=O) groups is 5. The molecule has 4 bridgehead atoms. The van der Waals surface area contributed by atoms with E-state index in [4.69, 9.17) is 14.7 Å². The average Bonchev–Trinajstić information content (AvgIpc) is 4.00. The molecule has 3 unspecified atom stereocenters. The van der Waals surface area contributed by atoms with E-state index in [-0.39, 0.29) is 47.9 Å². The monoisotopic (exact) mass is 925 g/mol. The molecule has 5 amide bonds. The molecule has 354 valence electrons. The molecule has 6 aliphatic heterocycles. The van der Waals surface area contributed by atoms with E-state index in [0.29, 0.717) is 53.5 Å². The van der Waals surface area contributed by atoms with Crippen molar-refractivity contribution in [2.24, 2.45) is 18.9 Å². The fraction of sp³-hybridized carbons (Fsp3) is 0.480. The molecule has 0 spiro atoms. The van der Waals surface area contributed by atoms with Gasteiger partial charge in [0.15, 0.2) is 0 Å². The summed E-state index contributed by atoms with van der Waals surface area (Å²) in [6, 6.07) is 11.7. The summed E-state index contributed by atoms with van der Waals surface area (Å²) >= 11 is 0. The van der Waals surface area contributed by atoms with Crippen LogP contribution in [-0.2, 0) is 29.7 Å². The number of piperidine rings is 2. The first-order valence-corrected chi connectivity index (χ1v) is 24.1. The van der Waals surface area contributed by atoms with Gasteiger partial charge >= 0.3 is 0 Å². The minimum Gasteiger partial charge on any atom is -0.477 e. The fourth-order valence-electron chi connectivity index (χ4n) is 11.6. The Balaban J connectivity index is 0.732. The van der Waals surface area contributed by atoms with E-state index in [9.17, 15) is 24.0 Å². The molecule has 6 aliphatic rings. The molecular weight excluding hydrogens is 870 g/mol. The number of carbonyl (C=O) groups excluding carboxylic acids is 5. The molecule has 68 heavy (non-hydrogen) atoms. The Morgan fingerprint density at radius 1 is 0.824 bits per heavy atom. The normalized spacial score (nSPS) is 24.0. The van der Waals surface area contributed by atoms with Crippen molar-refractivity contribution in [1.29, 1.82) is 0 Å². The number of nitrogens with one attached hydrogen (secondary N) is 2. The summed E-state index contributed by atoms with van der Waals surface area (Å²) in [5.74, 6) is -1.29. The van der Waals surface area contributed by atoms with Crippen molar-refractivity contribution in [3.8, 4) is 17.1 Å². The Morgan fingerprint density at radius 2 is 1.59 bits per heavy atom. The molecule has 2 aromatic carbocycles. The maximum Gasteiger partial charge on any atom is 0.262 e. The highest BCUT2D eigenvalue weighted by Gasteiger charge is 2.47. The highest BCUT2D eigenvalue weighted by molar-refractivity contribution is 6.23. The van der Waals surface area contributed by atoms with Gasteiger partial charge < -0.3 is 14.2 Å². The van der Waals surface area contributed by atoms with Crippen LogP contribution in [0.25, 0.3) is 22.3 Å². The smallest absolute Gasteiger partial charge is 0.262 e. The Morgan fingerprint density at radius 3 is 2.35 bits per heavy atom. The highest BCUT2D eigenvalue weighted by atomic mass is 19.1. The largest absolute Gasteiger partial charge is 0.477 e. The van der Waals surface area contributed by atoms with E-state index in [1.165, 1.54) is 11.6 Å². The van der Waals surface area contributed by atoms with Crippen LogP contribution >= 0.6 is 0 Å². The molecule has 4 atom stereocenters. The molecule has 0 radical (unpaired) electrons. The second-order valence-electron chi connectivity index (χ2n) is 19.8. The van der Waals surface area contributed by atoms with Gasteiger partial charge in [-0.3, -0.25) is 54.3 Å². The first kappa shape index (κ1) is 44.0. The fourth-order valence-corrected chi connectivity index (χ4v) is 11.6. The number of hydrogen-bond donors (Lipinski definition) is 2. The second-order valence-corrected chi connectivity index (χ2v) is 19.8. The molecular formula is C50H56FN11O6. The van der Waals surface area contributed by atoms with Crippen LogP contribution in [-0.4, -0.2) is 126 Å². The number of piperazine rings is 1. The van der Waals surface area contributed by atoms with Crippen LogP contribution < -0.4 is 20.3 Å². The minimum absolute atomic E-state index is 0.0215. The van der Waals surface area contributed by atoms with Crippen molar-refractivity contribution < 1.29 is 33.1 Å². The lowest BCUT2D eigenvalue weighted by Crippen LogP contribution is -2.55. The van der Waals surface area contributed by atoms with E-state index in [1.54, 1.807) is 23.0 Å². The number of likely N-dealkylation sites (tertiary alicyclic amines) is 2.